The highest BCUT2D eigenvalue weighted by atomic mass is 35.5. The Kier molecular flexibility index (Phi) is 2.82. The lowest BCUT2D eigenvalue weighted by Gasteiger charge is -2.36. The van der Waals surface area contributed by atoms with Crippen LogP contribution in [0.25, 0.3) is 0 Å². The fraction of sp³-hybridized carbons (Fsp3) is 1.00. The van der Waals surface area contributed by atoms with Gasteiger partial charge >= 0.3 is 0 Å². The number of alkyl halides is 1. The van der Waals surface area contributed by atoms with Gasteiger partial charge in [0.05, 0.1) is 5.60 Å². The average Bonchev–Trinajstić information content (AvgIpc) is 1.86. The van der Waals surface area contributed by atoms with E-state index < -0.39 is 5.60 Å². The SMILES string of the molecule is CC(C)(O)C1CCCCC1Cl. The fourth-order valence-corrected chi connectivity index (χ4v) is 2.47. The van der Waals surface area contributed by atoms with Crippen molar-refractivity contribution in [1.82, 2.24) is 0 Å². The van der Waals surface area contributed by atoms with Crippen molar-refractivity contribution in [2.45, 2.75) is 50.5 Å². The molecule has 2 atom stereocenters. The van der Waals surface area contributed by atoms with Crippen LogP contribution in [0.15, 0.2) is 0 Å². The van der Waals surface area contributed by atoms with Crippen molar-refractivity contribution in [2.75, 3.05) is 0 Å². The second kappa shape index (κ2) is 3.32. The molecular weight excluding hydrogens is 160 g/mol. The van der Waals surface area contributed by atoms with Crippen molar-refractivity contribution >= 4 is 11.6 Å². The number of halogens is 1. The van der Waals surface area contributed by atoms with Crippen LogP contribution in [0.3, 0.4) is 0 Å². The highest BCUT2D eigenvalue weighted by Gasteiger charge is 2.34. The molecule has 0 aromatic carbocycles. The lowest BCUT2D eigenvalue weighted by atomic mass is 9.78. The van der Waals surface area contributed by atoms with Crippen LogP contribution in [0.1, 0.15) is 39.5 Å². The van der Waals surface area contributed by atoms with Crippen molar-refractivity contribution in [3.05, 3.63) is 0 Å². The highest BCUT2D eigenvalue weighted by Crippen LogP contribution is 2.35. The van der Waals surface area contributed by atoms with Gasteiger partial charge in [0.2, 0.25) is 0 Å². The van der Waals surface area contributed by atoms with Crippen LogP contribution in [-0.4, -0.2) is 16.1 Å². The predicted molar refractivity (Wildman–Crippen MR) is 47.9 cm³/mol. The Balaban J connectivity index is 2.55. The van der Waals surface area contributed by atoms with Crippen molar-refractivity contribution in [3.63, 3.8) is 0 Å². The van der Waals surface area contributed by atoms with Crippen LogP contribution >= 0.6 is 11.6 Å². The van der Waals surface area contributed by atoms with Gasteiger partial charge in [-0.05, 0) is 26.7 Å². The van der Waals surface area contributed by atoms with E-state index in [1.165, 1.54) is 12.8 Å². The third-order valence-electron chi connectivity index (χ3n) is 2.59. The molecule has 1 fully saturated rings. The lowest BCUT2D eigenvalue weighted by Crippen LogP contribution is -2.38. The highest BCUT2D eigenvalue weighted by molar-refractivity contribution is 6.20. The third kappa shape index (κ3) is 2.34. The van der Waals surface area contributed by atoms with Gasteiger partial charge in [0, 0.05) is 11.3 Å². The van der Waals surface area contributed by atoms with Crippen LogP contribution in [0.5, 0.6) is 0 Å². The molecule has 1 rings (SSSR count). The minimum absolute atomic E-state index is 0.184. The van der Waals surface area contributed by atoms with Crippen LogP contribution in [0, 0.1) is 5.92 Å². The number of hydrogen-bond donors (Lipinski definition) is 1. The van der Waals surface area contributed by atoms with Crippen molar-refractivity contribution in [1.29, 1.82) is 0 Å². The Labute approximate surface area is 73.8 Å². The van der Waals surface area contributed by atoms with E-state index in [9.17, 15) is 5.11 Å². The fourth-order valence-electron chi connectivity index (χ4n) is 1.88. The van der Waals surface area contributed by atoms with Gasteiger partial charge in [-0.15, -0.1) is 11.6 Å². The minimum atomic E-state index is -0.590. The maximum absolute atomic E-state index is 9.73. The maximum atomic E-state index is 9.73. The quantitative estimate of drug-likeness (QED) is 0.609. The zero-order chi connectivity index (χ0) is 8.48. The first-order chi connectivity index (χ1) is 5.02. The number of aliphatic hydroxyl groups is 1. The molecule has 0 aromatic heterocycles. The van der Waals surface area contributed by atoms with E-state index in [1.54, 1.807) is 0 Å². The van der Waals surface area contributed by atoms with Gasteiger partial charge in [-0.2, -0.15) is 0 Å². The van der Waals surface area contributed by atoms with Crippen LogP contribution in [-0.2, 0) is 0 Å². The van der Waals surface area contributed by atoms with E-state index in [1.807, 2.05) is 13.8 Å². The molecule has 0 amide bonds. The summed E-state index contributed by atoms with van der Waals surface area (Å²) in [5.74, 6) is 0.290. The van der Waals surface area contributed by atoms with Crippen molar-refractivity contribution in [3.8, 4) is 0 Å². The Morgan fingerprint density at radius 2 is 1.82 bits per heavy atom. The van der Waals surface area contributed by atoms with Gasteiger partial charge in [-0.3, -0.25) is 0 Å². The summed E-state index contributed by atoms with van der Waals surface area (Å²) in [6.45, 7) is 3.72. The molecule has 0 aromatic rings. The number of rotatable bonds is 1. The standard InChI is InChI=1S/C9H17ClO/c1-9(2,11)7-5-3-4-6-8(7)10/h7-8,11H,3-6H2,1-2H3. The third-order valence-corrected chi connectivity index (χ3v) is 3.11. The van der Waals surface area contributed by atoms with E-state index in [0.717, 1.165) is 12.8 Å². The van der Waals surface area contributed by atoms with Crippen LogP contribution in [0.4, 0.5) is 0 Å². The molecule has 0 saturated heterocycles. The second-order valence-corrected chi connectivity index (χ2v) is 4.62. The molecule has 1 aliphatic rings. The predicted octanol–water partition coefficient (Wildman–Crippen LogP) is 2.55. The van der Waals surface area contributed by atoms with Gasteiger partial charge in [-0.25, -0.2) is 0 Å². The molecule has 0 aliphatic heterocycles. The van der Waals surface area contributed by atoms with Gasteiger partial charge in [-0.1, -0.05) is 12.8 Å². The monoisotopic (exact) mass is 176 g/mol. The second-order valence-electron chi connectivity index (χ2n) is 4.06. The summed E-state index contributed by atoms with van der Waals surface area (Å²) in [5, 5.41) is 9.91. The minimum Gasteiger partial charge on any atom is -0.390 e. The summed E-state index contributed by atoms with van der Waals surface area (Å²) in [7, 11) is 0. The number of hydrogen-bond acceptors (Lipinski definition) is 1. The zero-order valence-corrected chi connectivity index (χ0v) is 8.06. The molecule has 2 heteroatoms. The Hall–Kier alpha value is 0.250. The molecule has 1 nitrogen and oxygen atoms in total. The van der Waals surface area contributed by atoms with E-state index in [-0.39, 0.29) is 11.3 Å². The normalized spacial score (nSPS) is 33.8. The zero-order valence-electron chi connectivity index (χ0n) is 7.31. The molecule has 0 radical (unpaired) electrons. The lowest BCUT2D eigenvalue weighted by molar-refractivity contribution is 0.00298. The summed E-state index contributed by atoms with van der Waals surface area (Å²) in [5.41, 5.74) is -0.590. The summed E-state index contributed by atoms with van der Waals surface area (Å²) in [6.07, 6.45) is 4.59. The molecule has 0 heterocycles. The van der Waals surface area contributed by atoms with Crippen LogP contribution in [0.2, 0.25) is 0 Å². The van der Waals surface area contributed by atoms with E-state index in [2.05, 4.69) is 0 Å². The molecule has 1 aliphatic carbocycles. The van der Waals surface area contributed by atoms with Gasteiger partial charge < -0.3 is 5.11 Å². The Morgan fingerprint density at radius 1 is 1.27 bits per heavy atom. The van der Waals surface area contributed by atoms with E-state index >= 15 is 0 Å². The largest absolute Gasteiger partial charge is 0.390 e. The molecule has 0 spiro atoms. The molecule has 0 bridgehead atoms. The van der Waals surface area contributed by atoms with Crippen molar-refractivity contribution < 1.29 is 5.11 Å². The smallest absolute Gasteiger partial charge is 0.0633 e. The Morgan fingerprint density at radius 3 is 2.18 bits per heavy atom. The maximum Gasteiger partial charge on any atom is 0.0633 e. The van der Waals surface area contributed by atoms with Crippen LogP contribution < -0.4 is 0 Å². The molecule has 66 valence electrons. The molecular formula is C9H17ClO. The first-order valence-electron chi connectivity index (χ1n) is 4.38. The van der Waals surface area contributed by atoms with Crippen molar-refractivity contribution in [2.24, 2.45) is 5.92 Å². The van der Waals surface area contributed by atoms with E-state index in [4.69, 9.17) is 11.6 Å². The van der Waals surface area contributed by atoms with E-state index in [0.29, 0.717) is 0 Å². The first kappa shape index (κ1) is 9.34. The molecule has 1 saturated carbocycles. The summed E-state index contributed by atoms with van der Waals surface area (Å²) in [4.78, 5) is 0. The summed E-state index contributed by atoms with van der Waals surface area (Å²) < 4.78 is 0. The molecule has 2 unspecified atom stereocenters. The summed E-state index contributed by atoms with van der Waals surface area (Å²) >= 11 is 6.11. The van der Waals surface area contributed by atoms with Gasteiger partial charge in [0.15, 0.2) is 0 Å². The molecule has 11 heavy (non-hydrogen) atoms. The van der Waals surface area contributed by atoms with Gasteiger partial charge in [0.1, 0.15) is 0 Å². The first-order valence-corrected chi connectivity index (χ1v) is 4.82. The van der Waals surface area contributed by atoms with Gasteiger partial charge in [0.25, 0.3) is 0 Å². The average molecular weight is 177 g/mol. The summed E-state index contributed by atoms with van der Waals surface area (Å²) in [6, 6.07) is 0. The topological polar surface area (TPSA) is 20.2 Å². The Bertz CT molecular complexity index is 128. The molecule has 1 N–H and O–H groups in total.